The van der Waals surface area contributed by atoms with Crippen molar-refractivity contribution in [2.24, 2.45) is 0 Å². The van der Waals surface area contributed by atoms with Crippen molar-refractivity contribution in [3.8, 4) is 11.5 Å². The van der Waals surface area contributed by atoms with E-state index in [4.69, 9.17) is 4.74 Å². The molecule has 0 atom stereocenters. The summed E-state index contributed by atoms with van der Waals surface area (Å²) in [5, 5.41) is 4.70. The summed E-state index contributed by atoms with van der Waals surface area (Å²) in [7, 11) is 0. The molecule has 0 unspecified atom stereocenters. The van der Waals surface area contributed by atoms with Crippen LogP contribution in [0.1, 0.15) is 16.6 Å². The summed E-state index contributed by atoms with van der Waals surface area (Å²) in [5.74, 6) is 1.02. The summed E-state index contributed by atoms with van der Waals surface area (Å²) >= 11 is 1.38. The molecule has 0 aliphatic rings. The number of rotatable bonds is 7. The molecule has 2 amide bonds. The zero-order valence-electron chi connectivity index (χ0n) is 14.9. The number of hydrogen-bond acceptors (Lipinski definition) is 4. The lowest BCUT2D eigenvalue weighted by Crippen LogP contribution is -2.37. The number of anilines is 1. The Morgan fingerprint density at radius 3 is 2.44 bits per heavy atom. The van der Waals surface area contributed by atoms with Crippen molar-refractivity contribution < 1.29 is 14.3 Å². The van der Waals surface area contributed by atoms with Crippen LogP contribution in [0, 0.1) is 0 Å². The zero-order chi connectivity index (χ0) is 19.1. The molecule has 0 radical (unpaired) electrons. The molecule has 3 aromatic rings. The van der Waals surface area contributed by atoms with Gasteiger partial charge in [-0.2, -0.15) is 0 Å². The normalized spacial score (nSPS) is 10.3. The van der Waals surface area contributed by atoms with Crippen LogP contribution >= 0.6 is 11.3 Å². The molecule has 1 heterocycles. The van der Waals surface area contributed by atoms with Gasteiger partial charge < -0.3 is 15.0 Å². The number of para-hydroxylation sites is 3. The zero-order valence-corrected chi connectivity index (χ0v) is 15.7. The third kappa shape index (κ3) is 4.95. The van der Waals surface area contributed by atoms with Gasteiger partial charge in [0.15, 0.2) is 5.75 Å². The number of thiophene rings is 1. The predicted octanol–water partition coefficient (Wildman–Crippen LogP) is 4.32. The second-order valence-electron chi connectivity index (χ2n) is 5.79. The van der Waals surface area contributed by atoms with E-state index >= 15 is 0 Å². The Bertz CT molecular complexity index is 895. The molecule has 5 nitrogen and oxygen atoms in total. The number of nitrogens with one attached hydrogen (secondary N) is 1. The van der Waals surface area contributed by atoms with Crippen LogP contribution in [0.5, 0.6) is 11.5 Å². The first-order chi connectivity index (χ1) is 13.1. The van der Waals surface area contributed by atoms with E-state index in [1.807, 2.05) is 66.0 Å². The number of amides is 2. The first-order valence-electron chi connectivity index (χ1n) is 8.57. The van der Waals surface area contributed by atoms with Gasteiger partial charge in [-0.15, -0.1) is 11.3 Å². The van der Waals surface area contributed by atoms with Crippen LogP contribution in [-0.4, -0.2) is 24.9 Å². The molecule has 0 aliphatic heterocycles. The van der Waals surface area contributed by atoms with Crippen molar-refractivity contribution in [1.29, 1.82) is 0 Å². The molecular weight excluding hydrogens is 360 g/mol. The number of benzene rings is 2. The van der Waals surface area contributed by atoms with E-state index in [-0.39, 0.29) is 11.8 Å². The minimum absolute atomic E-state index is 0.121. The molecule has 27 heavy (non-hydrogen) atoms. The van der Waals surface area contributed by atoms with E-state index < -0.39 is 0 Å². The van der Waals surface area contributed by atoms with Gasteiger partial charge in [-0.3, -0.25) is 9.59 Å². The van der Waals surface area contributed by atoms with Crippen molar-refractivity contribution in [3.05, 3.63) is 77.0 Å². The number of carbonyl (C=O) groups excluding carboxylic acids is 2. The number of carbonyl (C=O) groups is 2. The number of hydrogen-bond donors (Lipinski definition) is 1. The lowest BCUT2D eigenvalue weighted by Gasteiger charge is -2.24. The maximum absolute atomic E-state index is 12.2. The lowest BCUT2D eigenvalue weighted by atomic mass is 10.2. The molecule has 0 fully saturated rings. The topological polar surface area (TPSA) is 58.6 Å². The van der Waals surface area contributed by atoms with Gasteiger partial charge in [-0.25, -0.2) is 0 Å². The minimum atomic E-state index is -0.137. The third-order valence-electron chi connectivity index (χ3n) is 3.87. The van der Waals surface area contributed by atoms with E-state index in [2.05, 4.69) is 5.32 Å². The molecule has 6 heteroatoms. The van der Waals surface area contributed by atoms with Crippen LogP contribution in [0.25, 0.3) is 0 Å². The molecule has 0 bridgehead atoms. The molecule has 3 rings (SSSR count). The largest absolute Gasteiger partial charge is 0.455 e. The summed E-state index contributed by atoms with van der Waals surface area (Å²) < 4.78 is 5.95. The van der Waals surface area contributed by atoms with Crippen molar-refractivity contribution >= 4 is 28.8 Å². The van der Waals surface area contributed by atoms with Crippen molar-refractivity contribution in [2.75, 3.05) is 18.0 Å². The van der Waals surface area contributed by atoms with Crippen LogP contribution < -0.4 is 15.0 Å². The van der Waals surface area contributed by atoms with E-state index in [1.54, 1.807) is 11.0 Å². The standard InChI is InChI=1S/C21H20N2O3S/c1-16(24)23(14-13-22-21(25)20-12-7-15-27-20)18-10-5-6-11-19(18)26-17-8-3-2-4-9-17/h2-12,15H,13-14H2,1H3,(H,22,25). The molecule has 0 aliphatic carbocycles. The van der Waals surface area contributed by atoms with Gasteiger partial charge in [0.1, 0.15) is 5.75 Å². The van der Waals surface area contributed by atoms with Gasteiger partial charge in [-0.05, 0) is 35.7 Å². The first kappa shape index (κ1) is 18.7. The van der Waals surface area contributed by atoms with E-state index in [1.165, 1.54) is 18.3 Å². The first-order valence-corrected chi connectivity index (χ1v) is 9.45. The predicted molar refractivity (Wildman–Crippen MR) is 108 cm³/mol. The second kappa shape index (κ2) is 9.00. The Hall–Kier alpha value is -3.12. The maximum Gasteiger partial charge on any atom is 0.261 e. The van der Waals surface area contributed by atoms with Crippen LogP contribution in [0.2, 0.25) is 0 Å². The van der Waals surface area contributed by atoms with Crippen molar-refractivity contribution in [1.82, 2.24) is 5.32 Å². The van der Waals surface area contributed by atoms with Crippen LogP contribution in [0.3, 0.4) is 0 Å². The average molecular weight is 380 g/mol. The summed E-state index contributed by atoms with van der Waals surface area (Å²) in [6.07, 6.45) is 0. The van der Waals surface area contributed by atoms with Crippen LogP contribution in [0.4, 0.5) is 5.69 Å². The fourth-order valence-electron chi connectivity index (χ4n) is 2.61. The van der Waals surface area contributed by atoms with Crippen LogP contribution in [0.15, 0.2) is 72.1 Å². The lowest BCUT2D eigenvalue weighted by molar-refractivity contribution is -0.116. The molecule has 0 spiro atoms. The molecule has 0 saturated heterocycles. The highest BCUT2D eigenvalue weighted by Gasteiger charge is 2.17. The molecule has 2 aromatic carbocycles. The Morgan fingerprint density at radius 2 is 1.74 bits per heavy atom. The summed E-state index contributed by atoms with van der Waals surface area (Å²) in [4.78, 5) is 26.5. The van der Waals surface area contributed by atoms with E-state index in [0.717, 1.165) is 0 Å². The molecule has 138 valence electrons. The SMILES string of the molecule is CC(=O)N(CCNC(=O)c1cccs1)c1ccccc1Oc1ccccc1. The van der Waals surface area contributed by atoms with Gasteiger partial charge >= 0.3 is 0 Å². The fraction of sp³-hybridized carbons (Fsp3) is 0.143. The summed E-state index contributed by atoms with van der Waals surface area (Å²) in [5.41, 5.74) is 0.666. The Balaban J connectivity index is 1.71. The Labute approximate surface area is 162 Å². The fourth-order valence-corrected chi connectivity index (χ4v) is 3.25. The molecular formula is C21H20N2O3S. The van der Waals surface area contributed by atoms with E-state index in [9.17, 15) is 9.59 Å². The van der Waals surface area contributed by atoms with E-state index in [0.29, 0.717) is 35.2 Å². The highest BCUT2D eigenvalue weighted by atomic mass is 32.1. The second-order valence-corrected chi connectivity index (χ2v) is 6.73. The highest BCUT2D eigenvalue weighted by Crippen LogP contribution is 2.32. The Morgan fingerprint density at radius 1 is 1.00 bits per heavy atom. The van der Waals surface area contributed by atoms with Gasteiger partial charge in [0.25, 0.3) is 5.91 Å². The number of ether oxygens (including phenoxy) is 1. The Kier molecular flexibility index (Phi) is 6.22. The minimum Gasteiger partial charge on any atom is -0.455 e. The third-order valence-corrected chi connectivity index (χ3v) is 4.74. The van der Waals surface area contributed by atoms with Crippen molar-refractivity contribution in [3.63, 3.8) is 0 Å². The van der Waals surface area contributed by atoms with Crippen molar-refractivity contribution in [2.45, 2.75) is 6.92 Å². The summed E-state index contributed by atoms with van der Waals surface area (Å²) in [6, 6.07) is 20.4. The average Bonchev–Trinajstić information content (AvgIpc) is 3.21. The molecule has 1 N–H and O–H groups in total. The van der Waals surface area contributed by atoms with Gasteiger partial charge in [0.05, 0.1) is 10.6 Å². The number of nitrogens with zero attached hydrogens (tertiary/aromatic N) is 1. The smallest absolute Gasteiger partial charge is 0.261 e. The highest BCUT2D eigenvalue weighted by molar-refractivity contribution is 7.12. The monoisotopic (exact) mass is 380 g/mol. The maximum atomic E-state index is 12.2. The van der Waals surface area contributed by atoms with Crippen LogP contribution in [-0.2, 0) is 4.79 Å². The van der Waals surface area contributed by atoms with Gasteiger partial charge in [0.2, 0.25) is 5.91 Å². The van der Waals surface area contributed by atoms with Gasteiger partial charge in [0, 0.05) is 20.0 Å². The quantitative estimate of drug-likeness (QED) is 0.664. The molecule has 0 saturated carbocycles. The molecule has 1 aromatic heterocycles. The van der Waals surface area contributed by atoms with Gasteiger partial charge in [-0.1, -0.05) is 36.4 Å². The summed E-state index contributed by atoms with van der Waals surface area (Å²) in [6.45, 7) is 2.19.